The summed E-state index contributed by atoms with van der Waals surface area (Å²) < 4.78 is 5.64. The third-order valence-electron chi connectivity index (χ3n) is 2.05. The van der Waals surface area contributed by atoms with Crippen molar-refractivity contribution in [3.63, 3.8) is 0 Å². The number of aromatic amines is 1. The molecule has 2 heterocycles. The summed E-state index contributed by atoms with van der Waals surface area (Å²) in [6.07, 6.45) is 0.842. The van der Waals surface area contributed by atoms with Gasteiger partial charge in [0.05, 0.1) is 0 Å². The first-order valence-electron chi connectivity index (χ1n) is 4.80. The van der Waals surface area contributed by atoms with Crippen LogP contribution in [0.3, 0.4) is 0 Å². The second-order valence-electron chi connectivity index (χ2n) is 3.19. The van der Waals surface area contributed by atoms with E-state index < -0.39 is 0 Å². The number of carbonyl (C=O) groups is 1. The zero-order valence-corrected chi connectivity index (χ0v) is 10.2. The largest absolute Gasteiger partial charge is 0.444 e. The Balaban J connectivity index is 2.07. The first-order valence-corrected chi connectivity index (χ1v) is 5.59. The summed E-state index contributed by atoms with van der Waals surface area (Å²) in [7, 11) is 0. The number of rotatable bonds is 3. The number of H-pyrrole nitrogens is 1. The number of anilines is 1. The van der Waals surface area contributed by atoms with Crippen molar-refractivity contribution < 1.29 is 9.21 Å². The van der Waals surface area contributed by atoms with Crippen LogP contribution in [-0.2, 0) is 6.42 Å². The minimum Gasteiger partial charge on any atom is -0.444 e. The second-order valence-corrected chi connectivity index (χ2v) is 3.97. The number of amides is 1. The van der Waals surface area contributed by atoms with E-state index in [0.717, 1.165) is 12.1 Å². The molecule has 0 bridgehead atoms. The summed E-state index contributed by atoms with van der Waals surface area (Å²) in [5.41, 5.74) is 0.968. The van der Waals surface area contributed by atoms with E-state index in [0.29, 0.717) is 10.5 Å². The van der Waals surface area contributed by atoms with Crippen LogP contribution >= 0.6 is 15.9 Å². The lowest BCUT2D eigenvalue weighted by atomic mass is 10.3. The van der Waals surface area contributed by atoms with E-state index in [1.54, 1.807) is 18.2 Å². The van der Waals surface area contributed by atoms with Crippen LogP contribution in [0, 0.1) is 0 Å². The maximum Gasteiger partial charge on any atom is 0.292 e. The number of halogens is 1. The lowest BCUT2D eigenvalue weighted by molar-refractivity contribution is 0.0995. The van der Waals surface area contributed by atoms with Crippen LogP contribution in [0.1, 0.15) is 23.2 Å². The number of hydrogen-bond donors (Lipinski definition) is 2. The Labute approximate surface area is 100 Å². The molecule has 0 radical (unpaired) electrons. The molecule has 0 saturated carbocycles. The number of carbonyl (C=O) groups excluding carboxylic acids is 1. The molecule has 2 rings (SSSR count). The Hall–Kier alpha value is -1.56. The van der Waals surface area contributed by atoms with Gasteiger partial charge < -0.3 is 9.73 Å². The summed E-state index contributed by atoms with van der Waals surface area (Å²) in [6.45, 7) is 2.00. The maximum atomic E-state index is 11.6. The highest BCUT2D eigenvalue weighted by molar-refractivity contribution is 9.10. The topological polar surface area (TPSA) is 70.9 Å². The van der Waals surface area contributed by atoms with Crippen molar-refractivity contribution in [3.8, 4) is 0 Å². The Morgan fingerprint density at radius 2 is 2.44 bits per heavy atom. The lowest BCUT2D eigenvalue weighted by Gasteiger charge is -1.96. The molecule has 0 unspecified atom stereocenters. The van der Waals surface area contributed by atoms with Gasteiger partial charge in [-0.1, -0.05) is 6.92 Å². The van der Waals surface area contributed by atoms with E-state index >= 15 is 0 Å². The molecule has 1 amide bonds. The maximum absolute atomic E-state index is 11.6. The highest BCUT2D eigenvalue weighted by Gasteiger charge is 2.11. The van der Waals surface area contributed by atoms with Gasteiger partial charge in [-0.05, 0) is 34.5 Å². The van der Waals surface area contributed by atoms with Gasteiger partial charge in [-0.3, -0.25) is 9.89 Å². The van der Waals surface area contributed by atoms with Gasteiger partial charge in [0.15, 0.2) is 16.2 Å². The molecule has 6 heteroatoms. The van der Waals surface area contributed by atoms with E-state index in [2.05, 4.69) is 31.4 Å². The number of nitrogens with one attached hydrogen (secondary N) is 2. The van der Waals surface area contributed by atoms with Crippen molar-refractivity contribution in [1.82, 2.24) is 10.2 Å². The standard InChI is InChI=1S/C10H10BrN3O2/c1-2-6-5-9(14-13-6)12-10(15)7-3-4-8(11)16-7/h3-5H,2H2,1H3,(H2,12,13,14,15). The zero-order chi connectivity index (χ0) is 11.5. The Morgan fingerprint density at radius 1 is 1.62 bits per heavy atom. The Morgan fingerprint density at radius 3 is 3.00 bits per heavy atom. The predicted octanol–water partition coefficient (Wildman–Crippen LogP) is 2.58. The molecule has 0 saturated heterocycles. The predicted molar refractivity (Wildman–Crippen MR) is 62.3 cm³/mol. The van der Waals surface area contributed by atoms with Gasteiger partial charge in [0.1, 0.15) is 0 Å². The molecule has 0 atom stereocenters. The van der Waals surface area contributed by atoms with Gasteiger partial charge in [0.2, 0.25) is 0 Å². The number of aromatic nitrogens is 2. The van der Waals surface area contributed by atoms with E-state index in [-0.39, 0.29) is 11.7 Å². The van der Waals surface area contributed by atoms with Crippen molar-refractivity contribution in [2.75, 3.05) is 5.32 Å². The smallest absolute Gasteiger partial charge is 0.292 e. The summed E-state index contributed by atoms with van der Waals surface area (Å²) in [5.74, 6) is 0.419. The molecule has 2 N–H and O–H groups in total. The third kappa shape index (κ3) is 2.33. The van der Waals surface area contributed by atoms with Crippen molar-refractivity contribution in [2.45, 2.75) is 13.3 Å². The van der Waals surface area contributed by atoms with Crippen LogP contribution in [0.5, 0.6) is 0 Å². The molecule has 5 nitrogen and oxygen atoms in total. The van der Waals surface area contributed by atoms with Crippen molar-refractivity contribution in [2.24, 2.45) is 0 Å². The van der Waals surface area contributed by atoms with E-state index in [1.807, 2.05) is 6.92 Å². The summed E-state index contributed by atoms with van der Waals surface area (Å²) in [6, 6.07) is 5.04. The van der Waals surface area contributed by atoms with Crippen LogP contribution in [-0.4, -0.2) is 16.1 Å². The summed E-state index contributed by atoms with van der Waals surface area (Å²) in [5, 5.41) is 9.39. The number of hydrogen-bond acceptors (Lipinski definition) is 3. The fourth-order valence-corrected chi connectivity index (χ4v) is 1.53. The number of aryl methyl sites for hydroxylation is 1. The molecule has 84 valence electrons. The molecule has 16 heavy (non-hydrogen) atoms. The van der Waals surface area contributed by atoms with Crippen molar-refractivity contribution in [3.05, 3.63) is 34.3 Å². The number of furan rings is 1. The average Bonchev–Trinajstić information content (AvgIpc) is 2.87. The molecule has 0 aromatic carbocycles. The van der Waals surface area contributed by atoms with Gasteiger partial charge in [0.25, 0.3) is 5.91 Å². The van der Waals surface area contributed by atoms with Gasteiger partial charge in [-0.2, -0.15) is 5.10 Å². The third-order valence-corrected chi connectivity index (χ3v) is 2.48. The minimum atomic E-state index is -0.320. The molecule has 0 fully saturated rings. The first kappa shape index (κ1) is 10.9. The average molecular weight is 284 g/mol. The van der Waals surface area contributed by atoms with Gasteiger partial charge in [0, 0.05) is 11.8 Å². The fraction of sp³-hybridized carbons (Fsp3) is 0.200. The van der Waals surface area contributed by atoms with Crippen LogP contribution in [0.2, 0.25) is 0 Å². The van der Waals surface area contributed by atoms with E-state index in [9.17, 15) is 4.79 Å². The van der Waals surface area contributed by atoms with Crippen LogP contribution < -0.4 is 5.32 Å². The second kappa shape index (κ2) is 4.52. The molecule has 2 aromatic rings. The summed E-state index contributed by atoms with van der Waals surface area (Å²) >= 11 is 3.13. The summed E-state index contributed by atoms with van der Waals surface area (Å²) in [4.78, 5) is 11.6. The highest BCUT2D eigenvalue weighted by atomic mass is 79.9. The SMILES string of the molecule is CCc1cc(NC(=O)c2ccc(Br)o2)n[nH]1. The highest BCUT2D eigenvalue weighted by Crippen LogP contribution is 2.15. The monoisotopic (exact) mass is 283 g/mol. The van der Waals surface area contributed by atoms with Crippen molar-refractivity contribution >= 4 is 27.7 Å². The van der Waals surface area contributed by atoms with Crippen LogP contribution in [0.15, 0.2) is 27.3 Å². The minimum absolute atomic E-state index is 0.243. The van der Waals surface area contributed by atoms with Crippen LogP contribution in [0.25, 0.3) is 0 Å². The quantitative estimate of drug-likeness (QED) is 0.910. The van der Waals surface area contributed by atoms with Gasteiger partial charge >= 0.3 is 0 Å². The normalized spacial score (nSPS) is 10.4. The molecule has 0 aliphatic heterocycles. The number of nitrogens with zero attached hydrogens (tertiary/aromatic N) is 1. The Kier molecular flexibility index (Phi) is 3.09. The Bertz CT molecular complexity index is 504. The lowest BCUT2D eigenvalue weighted by Crippen LogP contribution is -2.10. The molecular formula is C10H10BrN3O2. The fourth-order valence-electron chi connectivity index (χ4n) is 1.22. The van der Waals surface area contributed by atoms with Crippen molar-refractivity contribution in [1.29, 1.82) is 0 Å². The van der Waals surface area contributed by atoms with E-state index in [1.165, 1.54) is 0 Å². The van der Waals surface area contributed by atoms with Gasteiger partial charge in [-0.15, -0.1) is 0 Å². The molecule has 2 aromatic heterocycles. The van der Waals surface area contributed by atoms with E-state index in [4.69, 9.17) is 4.42 Å². The first-order chi connectivity index (χ1) is 7.69. The van der Waals surface area contributed by atoms with Gasteiger partial charge in [-0.25, -0.2) is 0 Å². The molecule has 0 spiro atoms. The molecule has 0 aliphatic carbocycles. The molecular weight excluding hydrogens is 274 g/mol. The van der Waals surface area contributed by atoms with Crippen LogP contribution in [0.4, 0.5) is 5.82 Å². The zero-order valence-electron chi connectivity index (χ0n) is 8.58. The molecule has 0 aliphatic rings.